The Morgan fingerprint density at radius 1 is 1.07 bits per heavy atom. The van der Waals surface area contributed by atoms with E-state index in [1.165, 1.54) is 18.5 Å². The first kappa shape index (κ1) is 22.5. The second kappa shape index (κ2) is 10.7. The van der Waals surface area contributed by atoms with Crippen molar-refractivity contribution in [1.82, 2.24) is 15.1 Å². The Bertz CT molecular complexity index is 807. The zero-order valence-electron chi connectivity index (χ0n) is 17.7. The number of aliphatic imine (C=N–C) groups is 1. The molecule has 2 aliphatic heterocycles. The molecule has 0 unspecified atom stereocenters. The average molecular weight is 476 g/mol. The fraction of sp³-hybridized carbons (Fsp3) is 0.500. The molecule has 2 aliphatic rings. The van der Waals surface area contributed by atoms with Crippen LogP contribution >= 0.6 is 15.9 Å². The number of amides is 1. The summed E-state index contributed by atoms with van der Waals surface area (Å²) in [6.45, 7) is 5.13. The maximum Gasteiger partial charge on any atom is 0.271 e. The molecule has 0 radical (unpaired) electrons. The van der Waals surface area contributed by atoms with Crippen molar-refractivity contribution in [2.75, 3.05) is 64.8 Å². The minimum absolute atomic E-state index is 0.0623. The molecule has 1 aromatic carbocycles. The van der Waals surface area contributed by atoms with Gasteiger partial charge in [-0.3, -0.25) is 19.5 Å². The zero-order chi connectivity index (χ0) is 21.5. The van der Waals surface area contributed by atoms with Crippen molar-refractivity contribution in [3.8, 4) is 0 Å². The number of allylic oxidation sites excluding steroid dienone is 1. The molecule has 0 atom stereocenters. The second-order valence-corrected chi connectivity index (χ2v) is 8.45. The first-order valence-electron chi connectivity index (χ1n) is 10.4. The lowest BCUT2D eigenvalue weighted by molar-refractivity contribution is -0.129. The monoisotopic (exact) mass is 475 g/mol. The Hall–Kier alpha value is -2.19. The minimum Gasteiger partial charge on any atom is -0.383 e. The minimum atomic E-state index is -0.0623. The molecule has 1 aromatic rings. The third-order valence-corrected chi connectivity index (χ3v) is 6.23. The number of carbonyl (C=O) groups is 2. The van der Waals surface area contributed by atoms with Gasteiger partial charge >= 0.3 is 0 Å². The number of anilines is 1. The van der Waals surface area contributed by atoms with Crippen LogP contribution in [-0.4, -0.2) is 87.6 Å². The molecule has 30 heavy (non-hydrogen) atoms. The van der Waals surface area contributed by atoms with Gasteiger partial charge in [0.15, 0.2) is 5.78 Å². The molecule has 7 nitrogen and oxygen atoms in total. The maximum absolute atomic E-state index is 12.8. The largest absolute Gasteiger partial charge is 0.383 e. The van der Waals surface area contributed by atoms with Crippen LogP contribution in [0.5, 0.6) is 0 Å². The highest BCUT2D eigenvalue weighted by Gasteiger charge is 2.25. The number of hydrogen-bond acceptors (Lipinski definition) is 6. The molecule has 0 aromatic heterocycles. The molecule has 1 N–H and O–H groups in total. The van der Waals surface area contributed by atoms with Crippen molar-refractivity contribution in [3.05, 3.63) is 40.0 Å². The van der Waals surface area contributed by atoms with E-state index in [9.17, 15) is 9.59 Å². The van der Waals surface area contributed by atoms with E-state index in [0.717, 1.165) is 18.7 Å². The Morgan fingerprint density at radius 3 is 2.27 bits per heavy atom. The van der Waals surface area contributed by atoms with Crippen LogP contribution < -0.4 is 10.2 Å². The normalized spacial score (nSPS) is 18.6. The molecule has 162 valence electrons. The van der Waals surface area contributed by atoms with Crippen molar-refractivity contribution in [1.29, 1.82) is 0 Å². The van der Waals surface area contributed by atoms with Gasteiger partial charge in [0.05, 0.1) is 11.0 Å². The molecular formula is C22H30BrN5O2. The molecular weight excluding hydrogens is 446 g/mol. The summed E-state index contributed by atoms with van der Waals surface area (Å²) in [7, 11) is 3.39. The lowest BCUT2D eigenvalue weighted by Gasteiger charge is -2.34. The van der Waals surface area contributed by atoms with Crippen LogP contribution in [0.1, 0.15) is 23.2 Å². The zero-order valence-corrected chi connectivity index (χ0v) is 19.3. The number of likely N-dealkylation sites (N-methyl/N-ethyl adjacent to an activating group) is 1. The number of ketones is 1. The Labute approximate surface area is 186 Å². The molecule has 8 heteroatoms. The number of hydrogen-bond donors (Lipinski definition) is 1. The third kappa shape index (κ3) is 5.49. The molecule has 2 saturated heterocycles. The average Bonchev–Trinajstić information content (AvgIpc) is 3.30. The van der Waals surface area contributed by atoms with Gasteiger partial charge < -0.3 is 15.1 Å². The van der Waals surface area contributed by atoms with Crippen LogP contribution in [0.4, 0.5) is 5.69 Å². The highest BCUT2D eigenvalue weighted by atomic mass is 79.9. The first-order valence-corrected chi connectivity index (χ1v) is 11.2. The van der Waals surface area contributed by atoms with E-state index in [-0.39, 0.29) is 11.7 Å². The first-order chi connectivity index (χ1) is 14.5. The summed E-state index contributed by atoms with van der Waals surface area (Å²) in [5.74, 6) is 0.0632. The van der Waals surface area contributed by atoms with Crippen LogP contribution in [0.15, 0.2) is 39.4 Å². The van der Waals surface area contributed by atoms with Crippen molar-refractivity contribution < 1.29 is 9.59 Å². The molecule has 2 heterocycles. The summed E-state index contributed by atoms with van der Waals surface area (Å²) >= 11 is 3.39. The Kier molecular flexibility index (Phi) is 8.04. The van der Waals surface area contributed by atoms with Crippen molar-refractivity contribution in [3.63, 3.8) is 0 Å². The second-order valence-electron chi connectivity index (χ2n) is 7.59. The topological polar surface area (TPSA) is 68.2 Å². The summed E-state index contributed by atoms with van der Waals surface area (Å²) in [5, 5.41) is 2.95. The van der Waals surface area contributed by atoms with Crippen LogP contribution in [0.2, 0.25) is 0 Å². The van der Waals surface area contributed by atoms with E-state index in [1.54, 1.807) is 20.3 Å². The third-order valence-electron chi connectivity index (χ3n) is 5.63. The van der Waals surface area contributed by atoms with Gasteiger partial charge in [-0.2, -0.15) is 0 Å². The predicted octanol–water partition coefficient (Wildman–Crippen LogP) is 2.14. The van der Waals surface area contributed by atoms with Gasteiger partial charge in [0, 0.05) is 70.8 Å². The number of piperazine rings is 1. The van der Waals surface area contributed by atoms with Gasteiger partial charge in [0.1, 0.15) is 5.70 Å². The standard InChI is InChI=1S/C22H30BrN5O2/c1-24-15-19(23)21(25-2)22(30)28-13-11-26(12-14-28)16-20(29)17-5-7-18(8-6-17)27-9-3-4-10-27/h5-8,15,25H,3-4,9-14,16H2,1-2H3. The number of nitrogens with zero attached hydrogens (tertiary/aromatic N) is 4. The number of benzene rings is 1. The van der Waals surface area contributed by atoms with Gasteiger partial charge in [0.25, 0.3) is 5.91 Å². The lowest BCUT2D eigenvalue weighted by atomic mass is 10.1. The molecule has 0 saturated carbocycles. The van der Waals surface area contributed by atoms with E-state index in [4.69, 9.17) is 0 Å². The van der Waals surface area contributed by atoms with Gasteiger partial charge in [-0.15, -0.1) is 0 Å². The summed E-state index contributed by atoms with van der Waals surface area (Å²) in [6.07, 6.45) is 4.08. The van der Waals surface area contributed by atoms with Crippen molar-refractivity contribution >= 4 is 39.5 Å². The lowest BCUT2D eigenvalue weighted by Crippen LogP contribution is -2.51. The Morgan fingerprint density at radius 2 is 1.70 bits per heavy atom. The number of nitrogens with one attached hydrogen (secondary N) is 1. The summed E-state index contributed by atoms with van der Waals surface area (Å²) < 4.78 is 0.632. The fourth-order valence-electron chi connectivity index (χ4n) is 3.90. The summed E-state index contributed by atoms with van der Waals surface area (Å²) in [5.41, 5.74) is 2.44. The molecule has 2 fully saturated rings. The van der Waals surface area contributed by atoms with Crippen LogP contribution in [0.25, 0.3) is 0 Å². The number of rotatable bonds is 7. The number of Topliss-reactive ketones (excluding diaryl/α,β-unsaturated/α-hetero) is 1. The van der Waals surface area contributed by atoms with Crippen LogP contribution in [0.3, 0.4) is 0 Å². The molecule has 0 bridgehead atoms. The van der Waals surface area contributed by atoms with Crippen LogP contribution in [0, 0.1) is 0 Å². The van der Waals surface area contributed by atoms with E-state index >= 15 is 0 Å². The molecule has 0 aliphatic carbocycles. The highest BCUT2D eigenvalue weighted by Crippen LogP contribution is 2.21. The van der Waals surface area contributed by atoms with Crippen molar-refractivity contribution in [2.45, 2.75) is 12.8 Å². The molecule has 1 amide bonds. The SMILES string of the molecule is CN=CC(Br)=C(NC)C(=O)N1CCN(CC(=O)c2ccc(N3CCCC3)cc2)CC1. The van der Waals surface area contributed by atoms with Gasteiger partial charge in [-0.05, 0) is 53.0 Å². The highest BCUT2D eigenvalue weighted by molar-refractivity contribution is 9.12. The van der Waals surface area contributed by atoms with Crippen molar-refractivity contribution in [2.24, 2.45) is 4.99 Å². The smallest absolute Gasteiger partial charge is 0.271 e. The summed E-state index contributed by atoms with van der Waals surface area (Å²) in [6, 6.07) is 7.98. The molecule has 0 spiro atoms. The van der Waals surface area contributed by atoms with Gasteiger partial charge in [-0.1, -0.05) is 0 Å². The quantitative estimate of drug-likeness (QED) is 0.371. The number of carbonyl (C=O) groups excluding carboxylic acids is 2. The van der Waals surface area contributed by atoms with Gasteiger partial charge in [0.2, 0.25) is 0 Å². The molecule has 3 rings (SSSR count). The van der Waals surface area contributed by atoms with E-state index in [1.807, 2.05) is 17.0 Å². The van der Waals surface area contributed by atoms with E-state index in [2.05, 4.69) is 48.2 Å². The number of halogens is 1. The van der Waals surface area contributed by atoms with E-state index in [0.29, 0.717) is 42.9 Å². The Balaban J connectivity index is 1.52. The van der Waals surface area contributed by atoms with Gasteiger partial charge in [-0.25, -0.2) is 0 Å². The maximum atomic E-state index is 12.8. The van der Waals surface area contributed by atoms with Crippen LogP contribution in [-0.2, 0) is 4.79 Å². The van der Waals surface area contributed by atoms with E-state index < -0.39 is 0 Å². The summed E-state index contributed by atoms with van der Waals surface area (Å²) in [4.78, 5) is 35.7. The predicted molar refractivity (Wildman–Crippen MR) is 125 cm³/mol. The fourth-order valence-corrected chi connectivity index (χ4v) is 4.47.